The molecule has 0 saturated carbocycles. The van der Waals surface area contributed by atoms with E-state index in [0.717, 1.165) is 0 Å². The molecule has 0 spiro atoms. The molecule has 0 aliphatic rings. The van der Waals surface area contributed by atoms with Crippen LogP contribution in [-0.2, 0) is 4.79 Å². The van der Waals surface area contributed by atoms with Gasteiger partial charge in [-0.15, -0.1) is 0 Å². The average Bonchev–Trinajstić information content (AvgIpc) is 2.21. The second-order valence-corrected chi connectivity index (χ2v) is 5.64. The number of carbonyl (C=O) groups is 1. The summed E-state index contributed by atoms with van der Waals surface area (Å²) in [4.78, 5) is 11.0. The van der Waals surface area contributed by atoms with Crippen molar-refractivity contribution in [3.05, 3.63) is 34.9 Å². The van der Waals surface area contributed by atoms with Crippen molar-refractivity contribution in [2.75, 3.05) is 7.05 Å². The molecule has 1 atom stereocenters. The summed E-state index contributed by atoms with van der Waals surface area (Å²) in [7, 11) is 1.88. The zero-order chi connectivity index (χ0) is 13.9. The fourth-order valence-electron chi connectivity index (χ4n) is 2.53. The van der Waals surface area contributed by atoms with E-state index in [1.165, 1.54) is 16.7 Å². The quantitative estimate of drug-likeness (QED) is 0.843. The van der Waals surface area contributed by atoms with Crippen molar-refractivity contribution in [1.29, 1.82) is 0 Å². The van der Waals surface area contributed by atoms with E-state index in [0.29, 0.717) is 0 Å². The first-order valence-corrected chi connectivity index (χ1v) is 6.24. The molecule has 1 rings (SSSR count). The van der Waals surface area contributed by atoms with E-state index in [1.807, 2.05) is 20.9 Å². The van der Waals surface area contributed by atoms with E-state index in [2.05, 4.69) is 37.4 Å². The van der Waals surface area contributed by atoms with Gasteiger partial charge in [0.2, 0.25) is 0 Å². The summed E-state index contributed by atoms with van der Waals surface area (Å²) in [5.41, 5.74) is 3.24. The number of carboxylic acids is 1. The lowest BCUT2D eigenvalue weighted by molar-refractivity contribution is -0.139. The molecule has 0 fully saturated rings. The van der Waals surface area contributed by atoms with Gasteiger partial charge in [0.15, 0.2) is 0 Å². The van der Waals surface area contributed by atoms with Crippen LogP contribution in [-0.4, -0.2) is 18.1 Å². The molecule has 0 bridgehead atoms. The number of hydrogen-bond donors (Lipinski definition) is 2. The fourth-order valence-corrected chi connectivity index (χ4v) is 2.53. The SMILES string of the molecule is CNC(c1cc(C)ccc1C)C(C)(C)CC(=O)O. The van der Waals surface area contributed by atoms with Gasteiger partial charge in [0, 0.05) is 6.04 Å². The third-order valence-electron chi connectivity index (χ3n) is 3.42. The van der Waals surface area contributed by atoms with Gasteiger partial charge in [-0.25, -0.2) is 0 Å². The number of aliphatic carboxylic acids is 1. The van der Waals surface area contributed by atoms with Crippen LogP contribution in [0.15, 0.2) is 18.2 Å². The molecule has 0 aromatic heterocycles. The third-order valence-corrected chi connectivity index (χ3v) is 3.42. The van der Waals surface area contributed by atoms with E-state index in [-0.39, 0.29) is 17.9 Å². The maximum absolute atomic E-state index is 11.0. The molecule has 0 heterocycles. The Labute approximate surface area is 109 Å². The summed E-state index contributed by atoms with van der Waals surface area (Å²) in [6.45, 7) is 8.10. The highest BCUT2D eigenvalue weighted by Crippen LogP contribution is 2.37. The fraction of sp³-hybridized carbons (Fsp3) is 0.533. The lowest BCUT2D eigenvalue weighted by Gasteiger charge is -2.34. The zero-order valence-corrected chi connectivity index (χ0v) is 11.9. The van der Waals surface area contributed by atoms with Gasteiger partial charge in [-0.1, -0.05) is 37.6 Å². The van der Waals surface area contributed by atoms with Gasteiger partial charge in [-0.3, -0.25) is 4.79 Å². The minimum absolute atomic E-state index is 0.0356. The van der Waals surface area contributed by atoms with Gasteiger partial charge in [0.05, 0.1) is 6.42 Å². The number of aryl methyl sites for hydroxylation is 2. The lowest BCUT2D eigenvalue weighted by Crippen LogP contribution is -2.34. The Hall–Kier alpha value is -1.35. The normalized spacial score (nSPS) is 13.4. The van der Waals surface area contributed by atoms with Crippen LogP contribution in [0.25, 0.3) is 0 Å². The molecule has 3 nitrogen and oxygen atoms in total. The Balaban J connectivity index is 3.16. The minimum Gasteiger partial charge on any atom is -0.481 e. The Bertz CT molecular complexity index is 438. The molecule has 0 saturated heterocycles. The van der Waals surface area contributed by atoms with E-state index in [9.17, 15) is 4.79 Å². The van der Waals surface area contributed by atoms with Crippen LogP contribution in [0.5, 0.6) is 0 Å². The third kappa shape index (κ3) is 3.33. The van der Waals surface area contributed by atoms with Crippen LogP contribution in [0.4, 0.5) is 0 Å². The first-order chi connectivity index (χ1) is 8.27. The molecule has 0 aliphatic heterocycles. The maximum Gasteiger partial charge on any atom is 0.303 e. The van der Waals surface area contributed by atoms with Crippen LogP contribution >= 0.6 is 0 Å². The molecule has 18 heavy (non-hydrogen) atoms. The van der Waals surface area contributed by atoms with Crippen molar-refractivity contribution < 1.29 is 9.90 Å². The van der Waals surface area contributed by atoms with Crippen molar-refractivity contribution in [1.82, 2.24) is 5.32 Å². The standard InChI is InChI=1S/C15H23NO2/c1-10-6-7-11(2)12(8-10)14(16-5)15(3,4)9-13(17)18/h6-8,14,16H,9H2,1-5H3,(H,17,18). The van der Waals surface area contributed by atoms with E-state index >= 15 is 0 Å². The molecular formula is C15H23NO2. The molecule has 2 N–H and O–H groups in total. The summed E-state index contributed by atoms with van der Waals surface area (Å²) >= 11 is 0. The highest BCUT2D eigenvalue weighted by atomic mass is 16.4. The second kappa shape index (κ2) is 5.53. The lowest BCUT2D eigenvalue weighted by atomic mass is 9.76. The van der Waals surface area contributed by atoms with Crippen LogP contribution in [0.2, 0.25) is 0 Å². The average molecular weight is 249 g/mol. The van der Waals surface area contributed by atoms with Crippen molar-refractivity contribution in [3.8, 4) is 0 Å². The van der Waals surface area contributed by atoms with E-state index in [1.54, 1.807) is 0 Å². The van der Waals surface area contributed by atoms with Crippen LogP contribution in [0.1, 0.15) is 43.0 Å². The summed E-state index contributed by atoms with van der Waals surface area (Å²) in [6, 6.07) is 6.34. The summed E-state index contributed by atoms with van der Waals surface area (Å²) in [5, 5.41) is 12.3. The van der Waals surface area contributed by atoms with Crippen LogP contribution < -0.4 is 5.32 Å². The van der Waals surface area contributed by atoms with Crippen molar-refractivity contribution in [2.24, 2.45) is 5.41 Å². The number of nitrogens with one attached hydrogen (secondary N) is 1. The Morgan fingerprint density at radius 1 is 1.39 bits per heavy atom. The molecule has 100 valence electrons. The molecule has 0 radical (unpaired) electrons. The van der Waals surface area contributed by atoms with Crippen LogP contribution in [0.3, 0.4) is 0 Å². The minimum atomic E-state index is -0.759. The molecule has 0 aliphatic carbocycles. The van der Waals surface area contributed by atoms with Gasteiger partial charge in [0.1, 0.15) is 0 Å². The number of rotatable bonds is 5. The zero-order valence-electron chi connectivity index (χ0n) is 11.9. The molecule has 1 aromatic carbocycles. The van der Waals surface area contributed by atoms with Gasteiger partial charge in [-0.2, -0.15) is 0 Å². The van der Waals surface area contributed by atoms with Gasteiger partial charge >= 0.3 is 5.97 Å². The molecule has 3 heteroatoms. The van der Waals surface area contributed by atoms with Gasteiger partial charge in [-0.05, 0) is 37.4 Å². The molecule has 1 aromatic rings. The van der Waals surface area contributed by atoms with Crippen LogP contribution in [0, 0.1) is 19.3 Å². The summed E-state index contributed by atoms with van der Waals surface area (Å²) < 4.78 is 0. The molecular weight excluding hydrogens is 226 g/mol. The number of hydrogen-bond acceptors (Lipinski definition) is 2. The van der Waals surface area contributed by atoms with Crippen molar-refractivity contribution >= 4 is 5.97 Å². The highest BCUT2D eigenvalue weighted by Gasteiger charge is 2.32. The predicted molar refractivity (Wildman–Crippen MR) is 73.8 cm³/mol. The predicted octanol–water partition coefficient (Wildman–Crippen LogP) is 3.06. The monoisotopic (exact) mass is 249 g/mol. The first-order valence-electron chi connectivity index (χ1n) is 6.24. The maximum atomic E-state index is 11.0. The smallest absolute Gasteiger partial charge is 0.303 e. The van der Waals surface area contributed by atoms with E-state index < -0.39 is 5.97 Å². The van der Waals surface area contributed by atoms with E-state index in [4.69, 9.17) is 5.11 Å². The highest BCUT2D eigenvalue weighted by molar-refractivity contribution is 5.67. The topological polar surface area (TPSA) is 49.3 Å². The number of carboxylic acid groups (broad SMARTS) is 1. The van der Waals surface area contributed by atoms with Crippen molar-refractivity contribution in [3.63, 3.8) is 0 Å². The Kier molecular flexibility index (Phi) is 4.52. The Morgan fingerprint density at radius 3 is 2.50 bits per heavy atom. The summed E-state index contributed by atoms with van der Waals surface area (Å²) in [5.74, 6) is -0.759. The van der Waals surface area contributed by atoms with Gasteiger partial charge < -0.3 is 10.4 Å². The largest absolute Gasteiger partial charge is 0.481 e. The molecule has 0 amide bonds. The molecule has 1 unspecified atom stereocenters. The van der Waals surface area contributed by atoms with Crippen molar-refractivity contribution in [2.45, 2.75) is 40.2 Å². The second-order valence-electron chi connectivity index (χ2n) is 5.64. The first kappa shape index (κ1) is 14.7. The number of benzene rings is 1. The summed E-state index contributed by atoms with van der Waals surface area (Å²) in [6.07, 6.45) is 0.145. The van der Waals surface area contributed by atoms with Gasteiger partial charge in [0.25, 0.3) is 0 Å². The Morgan fingerprint density at radius 2 is 2.00 bits per heavy atom.